The summed E-state index contributed by atoms with van der Waals surface area (Å²) in [5, 5.41) is 45.0. The van der Waals surface area contributed by atoms with Crippen molar-refractivity contribution in [1.29, 1.82) is 0 Å². The van der Waals surface area contributed by atoms with E-state index in [1.165, 1.54) is 24.3 Å². The molecule has 5 rings (SSSR count). The Kier molecular flexibility index (Phi) is 7.87. The number of carbonyl (C=O) groups is 1. The van der Waals surface area contributed by atoms with Crippen molar-refractivity contribution in [3.05, 3.63) is 60.0 Å². The molecule has 0 radical (unpaired) electrons. The lowest BCUT2D eigenvalue weighted by Crippen LogP contribution is -2.60. The van der Waals surface area contributed by atoms with E-state index in [9.17, 15) is 25.2 Å². The van der Waals surface area contributed by atoms with Crippen LogP contribution in [0.5, 0.6) is 0 Å². The molecule has 0 amide bonds. The predicted octanol–water partition coefficient (Wildman–Crippen LogP) is 0.393. The summed E-state index contributed by atoms with van der Waals surface area (Å²) in [6.45, 7) is 4.13. The molecular formula is C27H34N2O9. The number of aromatic nitrogens is 1. The van der Waals surface area contributed by atoms with Gasteiger partial charge in [0.25, 0.3) is 0 Å². The predicted molar refractivity (Wildman–Crippen MR) is 134 cm³/mol. The highest BCUT2D eigenvalue weighted by Gasteiger charge is 2.48. The average molecular weight is 531 g/mol. The lowest BCUT2D eigenvalue weighted by molar-refractivity contribution is -0.339. The van der Waals surface area contributed by atoms with Gasteiger partial charge in [0.15, 0.2) is 6.29 Å². The average Bonchev–Trinajstić information content (AvgIpc) is 3.33. The summed E-state index contributed by atoms with van der Waals surface area (Å²) < 4.78 is 22.2. The third-order valence-corrected chi connectivity index (χ3v) is 7.77. The number of ether oxygens (including phenoxy) is 4. The van der Waals surface area contributed by atoms with Gasteiger partial charge >= 0.3 is 5.97 Å². The van der Waals surface area contributed by atoms with Crippen molar-refractivity contribution >= 4 is 16.9 Å². The number of rotatable bonds is 7. The Morgan fingerprint density at radius 2 is 1.97 bits per heavy atom. The van der Waals surface area contributed by atoms with Crippen LogP contribution in [-0.2, 0) is 30.2 Å². The minimum Gasteiger partial charge on any atom is -0.471 e. The Hall–Kier alpha value is -2.77. The number of aliphatic hydroxyl groups is 4. The molecule has 0 bridgehead atoms. The van der Waals surface area contributed by atoms with E-state index in [1.54, 1.807) is 6.08 Å². The van der Waals surface area contributed by atoms with E-state index < -0.39 is 61.4 Å². The topological polar surface area (TPSA) is 163 Å². The first-order chi connectivity index (χ1) is 18.4. The van der Waals surface area contributed by atoms with E-state index >= 15 is 0 Å². The zero-order chi connectivity index (χ0) is 27.0. The fourth-order valence-electron chi connectivity index (χ4n) is 5.74. The molecule has 11 heteroatoms. The minimum atomic E-state index is -1.60. The van der Waals surface area contributed by atoms with E-state index in [1.807, 2.05) is 18.2 Å². The smallest absolute Gasteiger partial charge is 0.337 e. The number of methoxy groups -OCH3 is 1. The van der Waals surface area contributed by atoms with Crippen LogP contribution in [0.25, 0.3) is 10.9 Å². The third-order valence-electron chi connectivity index (χ3n) is 7.77. The number of aliphatic hydroxyl groups excluding tert-OH is 4. The normalized spacial score (nSPS) is 35.2. The second kappa shape index (κ2) is 11.1. The number of benzene rings is 1. The first-order valence-corrected chi connectivity index (χ1v) is 12.7. The largest absolute Gasteiger partial charge is 0.471 e. The molecule has 38 heavy (non-hydrogen) atoms. The van der Waals surface area contributed by atoms with Gasteiger partial charge in [0, 0.05) is 34.5 Å². The van der Waals surface area contributed by atoms with Crippen LogP contribution in [0.4, 0.5) is 0 Å². The number of nitrogens with one attached hydrogen (secondary N) is 2. The molecule has 206 valence electrons. The molecule has 2 aromatic rings. The summed E-state index contributed by atoms with van der Waals surface area (Å²) in [6, 6.07) is 8.02. The van der Waals surface area contributed by atoms with Crippen LogP contribution >= 0.6 is 0 Å². The maximum Gasteiger partial charge on any atom is 0.337 e. The van der Waals surface area contributed by atoms with Gasteiger partial charge in [-0.2, -0.15) is 0 Å². The maximum atomic E-state index is 12.7. The zero-order valence-electron chi connectivity index (χ0n) is 21.0. The number of hydrogen-bond donors (Lipinski definition) is 6. The highest BCUT2D eigenvalue weighted by molar-refractivity contribution is 5.89. The van der Waals surface area contributed by atoms with Crippen molar-refractivity contribution in [1.82, 2.24) is 10.3 Å². The van der Waals surface area contributed by atoms with Crippen LogP contribution < -0.4 is 5.32 Å². The second-order valence-corrected chi connectivity index (χ2v) is 9.88. The first-order valence-electron chi connectivity index (χ1n) is 12.7. The molecule has 1 unspecified atom stereocenters. The van der Waals surface area contributed by atoms with Gasteiger partial charge in [-0.05, 0) is 31.0 Å². The Bertz CT molecular complexity index is 1190. The maximum absolute atomic E-state index is 12.7. The lowest BCUT2D eigenvalue weighted by atomic mass is 9.78. The molecule has 0 aliphatic carbocycles. The Labute approximate surface area is 219 Å². The van der Waals surface area contributed by atoms with E-state index in [2.05, 4.69) is 22.9 Å². The molecule has 1 fully saturated rings. The van der Waals surface area contributed by atoms with Gasteiger partial charge in [-0.1, -0.05) is 24.3 Å². The van der Waals surface area contributed by atoms with Crippen molar-refractivity contribution in [2.24, 2.45) is 11.8 Å². The lowest BCUT2D eigenvalue weighted by Gasteiger charge is -2.43. The first kappa shape index (κ1) is 26.8. The summed E-state index contributed by atoms with van der Waals surface area (Å²) >= 11 is 0. The van der Waals surface area contributed by atoms with Gasteiger partial charge in [-0.15, -0.1) is 6.58 Å². The van der Waals surface area contributed by atoms with Crippen LogP contribution in [0, 0.1) is 11.8 Å². The molecule has 11 nitrogen and oxygen atoms in total. The van der Waals surface area contributed by atoms with Crippen LogP contribution in [0.1, 0.15) is 23.7 Å². The van der Waals surface area contributed by atoms with Crippen LogP contribution in [0.3, 0.4) is 0 Å². The number of esters is 1. The molecule has 3 aliphatic rings. The molecule has 6 N–H and O–H groups in total. The fraction of sp³-hybridized carbons (Fsp3) is 0.519. The van der Waals surface area contributed by atoms with Gasteiger partial charge in [-0.3, -0.25) is 0 Å². The molecule has 1 aromatic heterocycles. The van der Waals surface area contributed by atoms with Crippen molar-refractivity contribution in [3.63, 3.8) is 0 Å². The standard InChI is InChI=1S/C27H34N2O9/c1-3-13-16(10-19-21-15(8-9-28-19)14-6-4-5-7-18(14)29-21)17(25(34)35-2)12-36-26(13)38-27-24(33)23(32)22(31)20(11-30)37-27/h3-7,12-13,16,19-20,22-24,26-33H,1,8-11H2,2H3/t13-,16+,19+,20-,22-,23+,24-,26?,27+/m1/s1. The summed E-state index contributed by atoms with van der Waals surface area (Å²) in [7, 11) is 1.30. The van der Waals surface area contributed by atoms with Crippen LogP contribution in [0.15, 0.2) is 48.8 Å². The highest BCUT2D eigenvalue weighted by Crippen LogP contribution is 2.42. The van der Waals surface area contributed by atoms with Crippen LogP contribution in [-0.4, -0.2) is 88.6 Å². The van der Waals surface area contributed by atoms with Crippen molar-refractivity contribution in [3.8, 4) is 0 Å². The van der Waals surface area contributed by atoms with Gasteiger partial charge in [-0.25, -0.2) is 4.79 Å². The number of fused-ring (bicyclic) bond motifs is 3. The van der Waals surface area contributed by atoms with Gasteiger partial charge < -0.3 is 49.7 Å². The summed E-state index contributed by atoms with van der Waals surface area (Å²) in [6.07, 6.45) is -4.03. The molecule has 9 atom stereocenters. The molecule has 4 heterocycles. The van der Waals surface area contributed by atoms with Crippen LogP contribution in [0.2, 0.25) is 0 Å². The zero-order valence-corrected chi connectivity index (χ0v) is 21.0. The third kappa shape index (κ3) is 4.75. The van der Waals surface area contributed by atoms with Crippen molar-refractivity contribution in [2.75, 3.05) is 20.3 Å². The number of para-hydroxylation sites is 1. The summed E-state index contributed by atoms with van der Waals surface area (Å²) in [5.74, 6) is -1.56. The number of carbonyl (C=O) groups excluding carboxylic acids is 1. The molecule has 1 aromatic carbocycles. The Morgan fingerprint density at radius 3 is 2.71 bits per heavy atom. The van der Waals surface area contributed by atoms with E-state index in [-0.39, 0.29) is 6.04 Å². The van der Waals surface area contributed by atoms with E-state index in [0.717, 1.165) is 24.2 Å². The van der Waals surface area contributed by atoms with Crippen molar-refractivity contribution < 1.29 is 44.2 Å². The van der Waals surface area contributed by atoms with Crippen molar-refractivity contribution in [2.45, 2.75) is 55.9 Å². The summed E-state index contributed by atoms with van der Waals surface area (Å²) in [4.78, 5) is 16.3. The minimum absolute atomic E-state index is 0.113. The van der Waals surface area contributed by atoms with Gasteiger partial charge in [0.1, 0.15) is 24.4 Å². The SMILES string of the molecule is C=C[C@H]1C(O[C@@H]2O[C@H](CO)[C@@H](O)[C@H](O)[C@H]2O)OC=C(C(=O)OC)[C@H]1C[C@@H]1NCCc2c1[nH]c1ccccc21. The Balaban J connectivity index is 1.43. The Morgan fingerprint density at radius 1 is 1.18 bits per heavy atom. The quantitative estimate of drug-likeness (QED) is 0.218. The summed E-state index contributed by atoms with van der Waals surface area (Å²) in [5.41, 5.74) is 3.66. The second-order valence-electron chi connectivity index (χ2n) is 9.88. The molecular weight excluding hydrogens is 496 g/mol. The number of aromatic amines is 1. The molecule has 0 saturated carbocycles. The molecule has 3 aliphatic heterocycles. The molecule has 1 saturated heterocycles. The van der Waals surface area contributed by atoms with Gasteiger partial charge in [0.2, 0.25) is 6.29 Å². The number of H-pyrrole nitrogens is 1. The highest BCUT2D eigenvalue weighted by atomic mass is 16.8. The van der Waals surface area contributed by atoms with E-state index in [0.29, 0.717) is 12.0 Å². The number of hydrogen-bond acceptors (Lipinski definition) is 10. The fourth-order valence-corrected chi connectivity index (χ4v) is 5.74. The van der Waals surface area contributed by atoms with E-state index in [4.69, 9.17) is 18.9 Å². The monoisotopic (exact) mass is 530 g/mol. The molecule has 0 spiro atoms. The van der Waals surface area contributed by atoms with Gasteiger partial charge in [0.05, 0.1) is 25.6 Å².